The van der Waals surface area contributed by atoms with E-state index in [4.69, 9.17) is 4.74 Å². The van der Waals surface area contributed by atoms with E-state index in [0.717, 1.165) is 54.0 Å². The number of aromatic nitrogens is 4. The minimum atomic E-state index is -0.304. The molecule has 2 aromatic heterocycles. The van der Waals surface area contributed by atoms with E-state index in [1.54, 1.807) is 7.11 Å². The number of aliphatic hydroxyl groups excluding tert-OH is 1. The molecule has 1 fully saturated rings. The quantitative estimate of drug-likeness (QED) is 0.282. The van der Waals surface area contributed by atoms with Gasteiger partial charge >= 0.3 is 0 Å². The highest BCUT2D eigenvalue weighted by atomic mass is 16.5. The number of ether oxygens (including phenoxy) is 1. The predicted octanol–water partition coefficient (Wildman–Crippen LogP) is 3.02. The molecule has 0 spiro atoms. The van der Waals surface area contributed by atoms with Crippen molar-refractivity contribution in [3.8, 4) is 17.0 Å². The maximum absolute atomic E-state index is 12.3. The van der Waals surface area contributed by atoms with E-state index in [9.17, 15) is 9.90 Å². The van der Waals surface area contributed by atoms with Crippen molar-refractivity contribution in [2.24, 2.45) is 7.05 Å². The number of rotatable bonds is 9. The molecular weight excluding hydrogens is 496 g/mol. The van der Waals surface area contributed by atoms with Crippen molar-refractivity contribution in [3.05, 3.63) is 61.6 Å². The molecule has 0 atom stereocenters. The van der Waals surface area contributed by atoms with Gasteiger partial charge in [0.15, 0.2) is 0 Å². The Hall–Kier alpha value is -4.48. The minimum absolute atomic E-state index is 0.137. The monoisotopic (exact) mass is 528 g/mol. The summed E-state index contributed by atoms with van der Waals surface area (Å²) in [6.45, 7) is 7.51. The highest BCUT2D eigenvalue weighted by Crippen LogP contribution is 2.39. The van der Waals surface area contributed by atoms with Crippen LogP contribution < -0.4 is 20.3 Å². The normalized spacial score (nSPS) is 13.9. The van der Waals surface area contributed by atoms with Crippen LogP contribution in [0.1, 0.15) is 0 Å². The number of hydrogen-bond donors (Lipinski definition) is 3. The molecule has 1 amide bonds. The number of nitrogens with one attached hydrogen (secondary N) is 2. The van der Waals surface area contributed by atoms with E-state index in [2.05, 4.69) is 42.1 Å². The fourth-order valence-electron chi connectivity index (χ4n) is 4.78. The van der Waals surface area contributed by atoms with Crippen LogP contribution in [0.5, 0.6) is 5.75 Å². The second-order valence-electron chi connectivity index (χ2n) is 9.27. The number of anilines is 4. The Morgan fingerprint density at radius 2 is 1.95 bits per heavy atom. The topological polar surface area (TPSA) is 121 Å². The standard InChI is InChI=1S/C28H32N8O3/c1-4-28(38)33-22-14-23(26(39-3)16-25(22)36-9-7-35(8-10-36)11-12-37)32-27-15-21(29-18-30-27)19-5-6-24-20(13-19)17-31-34(24)2/h4-6,13-18,37H,1,7-12H2,2-3H3,(H,33,38)(H,29,30,32). The molecule has 11 heteroatoms. The molecule has 1 saturated heterocycles. The molecule has 11 nitrogen and oxygen atoms in total. The summed E-state index contributed by atoms with van der Waals surface area (Å²) < 4.78 is 7.58. The van der Waals surface area contributed by atoms with Gasteiger partial charge in [-0.2, -0.15) is 5.10 Å². The average molecular weight is 529 g/mol. The highest BCUT2D eigenvalue weighted by molar-refractivity contribution is 6.02. The summed E-state index contributed by atoms with van der Waals surface area (Å²) in [4.78, 5) is 25.6. The first-order chi connectivity index (χ1) is 19.0. The molecule has 4 aromatic rings. The molecule has 0 aliphatic carbocycles. The number of carbonyl (C=O) groups excluding carboxylic acids is 1. The number of piperazine rings is 1. The lowest BCUT2D eigenvalue weighted by Crippen LogP contribution is -2.47. The molecular formula is C28H32N8O3. The fourth-order valence-corrected chi connectivity index (χ4v) is 4.78. The van der Waals surface area contributed by atoms with Crippen molar-refractivity contribution in [3.63, 3.8) is 0 Å². The minimum Gasteiger partial charge on any atom is -0.494 e. The molecule has 3 N–H and O–H groups in total. The maximum atomic E-state index is 12.3. The Morgan fingerprint density at radius 1 is 1.13 bits per heavy atom. The zero-order valence-electron chi connectivity index (χ0n) is 22.1. The van der Waals surface area contributed by atoms with E-state index in [0.29, 0.717) is 29.5 Å². The van der Waals surface area contributed by atoms with Gasteiger partial charge in [0.1, 0.15) is 17.9 Å². The third kappa shape index (κ3) is 5.69. The lowest BCUT2D eigenvalue weighted by molar-refractivity contribution is -0.111. The summed E-state index contributed by atoms with van der Waals surface area (Å²) in [7, 11) is 3.52. The lowest BCUT2D eigenvalue weighted by atomic mass is 10.1. The second kappa shape index (κ2) is 11.5. The molecule has 3 heterocycles. The van der Waals surface area contributed by atoms with Gasteiger partial charge < -0.3 is 25.4 Å². The summed E-state index contributed by atoms with van der Waals surface area (Å²) in [6, 6.07) is 11.7. The van der Waals surface area contributed by atoms with Crippen LogP contribution in [0, 0.1) is 0 Å². The number of hydrogen-bond acceptors (Lipinski definition) is 9. The smallest absolute Gasteiger partial charge is 0.247 e. The first-order valence-corrected chi connectivity index (χ1v) is 12.7. The molecule has 2 aromatic carbocycles. The molecule has 0 unspecified atom stereocenters. The van der Waals surface area contributed by atoms with E-state index in [-0.39, 0.29) is 12.5 Å². The van der Waals surface area contributed by atoms with Crippen LogP contribution in [0.2, 0.25) is 0 Å². The molecule has 1 aliphatic rings. The van der Waals surface area contributed by atoms with Crippen LogP contribution >= 0.6 is 0 Å². The van der Waals surface area contributed by atoms with Crippen LogP contribution in [-0.2, 0) is 11.8 Å². The SMILES string of the molecule is C=CC(=O)Nc1cc(Nc2cc(-c3ccc4c(cnn4C)c3)ncn2)c(OC)cc1N1CCN(CCO)CC1. The van der Waals surface area contributed by atoms with Crippen LogP contribution in [0.3, 0.4) is 0 Å². The van der Waals surface area contributed by atoms with Gasteiger partial charge in [0.25, 0.3) is 0 Å². The van der Waals surface area contributed by atoms with E-state index in [1.807, 2.05) is 54.3 Å². The van der Waals surface area contributed by atoms with E-state index >= 15 is 0 Å². The number of carbonyl (C=O) groups is 1. The van der Waals surface area contributed by atoms with E-state index < -0.39 is 0 Å². The Balaban J connectivity index is 1.45. The van der Waals surface area contributed by atoms with Crippen molar-refractivity contribution in [1.29, 1.82) is 0 Å². The number of aryl methyl sites for hydroxylation is 1. The molecule has 0 bridgehead atoms. The lowest BCUT2D eigenvalue weighted by Gasteiger charge is -2.37. The Bertz CT molecular complexity index is 1490. The Labute approximate surface area is 226 Å². The molecule has 202 valence electrons. The van der Waals surface area contributed by atoms with Gasteiger partial charge in [-0.1, -0.05) is 12.6 Å². The molecule has 0 saturated carbocycles. The second-order valence-corrected chi connectivity index (χ2v) is 9.27. The third-order valence-corrected chi connectivity index (χ3v) is 6.86. The molecule has 5 rings (SSSR count). The number of aliphatic hydroxyl groups is 1. The first kappa shape index (κ1) is 26.1. The average Bonchev–Trinajstić information content (AvgIpc) is 3.33. The number of β-amino-alcohol motifs (C(OH)–C–C–N with tert-alkyl or cyclic N) is 1. The van der Waals surface area contributed by atoms with Crippen LogP contribution in [0.15, 0.2) is 61.6 Å². The summed E-state index contributed by atoms with van der Waals surface area (Å²) in [5.74, 6) is 0.883. The van der Waals surface area contributed by atoms with Crippen molar-refractivity contribution >= 4 is 39.7 Å². The number of methoxy groups -OCH3 is 1. The van der Waals surface area contributed by atoms with Gasteiger partial charge in [-0.05, 0) is 24.3 Å². The maximum Gasteiger partial charge on any atom is 0.247 e. The Morgan fingerprint density at radius 3 is 2.69 bits per heavy atom. The van der Waals surface area contributed by atoms with E-state index in [1.165, 1.54) is 12.4 Å². The molecule has 39 heavy (non-hydrogen) atoms. The first-order valence-electron chi connectivity index (χ1n) is 12.7. The zero-order valence-corrected chi connectivity index (χ0v) is 22.1. The number of benzene rings is 2. The van der Waals surface area contributed by atoms with Gasteiger partial charge in [-0.25, -0.2) is 9.97 Å². The predicted molar refractivity (Wildman–Crippen MR) is 153 cm³/mol. The molecule has 1 aliphatic heterocycles. The van der Waals surface area contributed by atoms with Gasteiger partial charge in [0.05, 0.1) is 48.2 Å². The summed E-state index contributed by atoms with van der Waals surface area (Å²) in [5, 5.41) is 20.9. The Kier molecular flexibility index (Phi) is 7.71. The number of amides is 1. The third-order valence-electron chi connectivity index (χ3n) is 6.86. The number of fused-ring (bicyclic) bond motifs is 1. The number of nitrogens with zero attached hydrogens (tertiary/aromatic N) is 6. The van der Waals surface area contributed by atoms with Crippen LogP contribution in [-0.4, -0.2) is 82.1 Å². The highest BCUT2D eigenvalue weighted by Gasteiger charge is 2.22. The van der Waals surface area contributed by atoms with Crippen LogP contribution in [0.4, 0.5) is 22.9 Å². The van der Waals surface area contributed by atoms with Gasteiger partial charge in [0.2, 0.25) is 5.91 Å². The zero-order chi connectivity index (χ0) is 27.4. The van der Waals surface area contributed by atoms with Crippen molar-refractivity contribution in [2.45, 2.75) is 0 Å². The van der Waals surface area contributed by atoms with Crippen molar-refractivity contribution < 1.29 is 14.6 Å². The van der Waals surface area contributed by atoms with Gasteiger partial charge in [-0.15, -0.1) is 0 Å². The van der Waals surface area contributed by atoms with Crippen LogP contribution in [0.25, 0.3) is 22.2 Å². The van der Waals surface area contributed by atoms with Gasteiger partial charge in [0, 0.05) is 62.9 Å². The van der Waals surface area contributed by atoms with Gasteiger partial charge in [-0.3, -0.25) is 14.4 Å². The summed E-state index contributed by atoms with van der Waals surface area (Å²) in [5.41, 5.74) is 4.88. The molecule has 0 radical (unpaired) electrons. The largest absolute Gasteiger partial charge is 0.494 e. The summed E-state index contributed by atoms with van der Waals surface area (Å²) >= 11 is 0. The van der Waals surface area contributed by atoms with Crippen molar-refractivity contribution in [1.82, 2.24) is 24.6 Å². The fraction of sp³-hybridized carbons (Fsp3) is 0.286. The van der Waals surface area contributed by atoms with Crippen molar-refractivity contribution in [2.75, 3.05) is 62.0 Å². The summed E-state index contributed by atoms with van der Waals surface area (Å²) in [6.07, 6.45) is 4.59.